The van der Waals surface area contributed by atoms with E-state index in [1.165, 1.54) is 19.3 Å². The van der Waals surface area contributed by atoms with Gasteiger partial charge in [-0.05, 0) is 43.4 Å². The van der Waals surface area contributed by atoms with Gasteiger partial charge in [0.1, 0.15) is 0 Å². The predicted octanol–water partition coefficient (Wildman–Crippen LogP) is 2.36. The van der Waals surface area contributed by atoms with Gasteiger partial charge in [-0.3, -0.25) is 4.99 Å². The first-order chi connectivity index (χ1) is 9.69. The van der Waals surface area contributed by atoms with Crippen molar-refractivity contribution in [2.24, 2.45) is 22.7 Å². The number of likely N-dealkylation sites (tertiary alicyclic amines) is 1. The summed E-state index contributed by atoms with van der Waals surface area (Å²) in [5, 5.41) is 3.48. The summed E-state index contributed by atoms with van der Waals surface area (Å²) in [5.41, 5.74) is 0. The molecule has 4 heteroatoms. The van der Waals surface area contributed by atoms with Crippen molar-refractivity contribution in [3.63, 3.8) is 0 Å². The summed E-state index contributed by atoms with van der Waals surface area (Å²) in [5.74, 6) is 3.45. The van der Waals surface area contributed by atoms with Crippen molar-refractivity contribution in [2.75, 3.05) is 39.9 Å². The van der Waals surface area contributed by atoms with E-state index in [1.807, 2.05) is 7.05 Å². The van der Waals surface area contributed by atoms with Crippen LogP contribution in [0.3, 0.4) is 0 Å². The zero-order valence-electron chi connectivity index (χ0n) is 13.4. The molecule has 1 saturated carbocycles. The molecule has 0 aromatic rings. The maximum atomic E-state index is 5.66. The number of hydrogen-bond acceptors (Lipinski definition) is 2. The molecule has 2 atom stereocenters. The molecule has 0 bridgehead atoms. The number of ether oxygens (including phenoxy) is 1. The molecule has 20 heavy (non-hydrogen) atoms. The van der Waals surface area contributed by atoms with Gasteiger partial charge in [-0.2, -0.15) is 0 Å². The molecular weight excluding hydrogens is 250 g/mol. The van der Waals surface area contributed by atoms with E-state index in [4.69, 9.17) is 4.74 Å². The maximum Gasteiger partial charge on any atom is 0.193 e. The zero-order chi connectivity index (χ0) is 14.4. The van der Waals surface area contributed by atoms with Gasteiger partial charge >= 0.3 is 0 Å². The minimum absolute atomic E-state index is 0.763. The third-order valence-corrected chi connectivity index (χ3v) is 4.18. The van der Waals surface area contributed by atoms with Crippen molar-refractivity contribution in [1.29, 1.82) is 0 Å². The second kappa shape index (κ2) is 7.87. The van der Waals surface area contributed by atoms with Crippen LogP contribution in [0.2, 0.25) is 0 Å². The highest BCUT2D eigenvalue weighted by molar-refractivity contribution is 5.79. The second-order valence-corrected chi connectivity index (χ2v) is 6.70. The lowest BCUT2D eigenvalue weighted by atomic mass is 9.92. The molecule has 0 amide bonds. The molecule has 4 nitrogen and oxygen atoms in total. The molecular formula is C16H31N3O. The van der Waals surface area contributed by atoms with Crippen molar-refractivity contribution in [2.45, 2.75) is 39.5 Å². The molecule has 0 aromatic heterocycles. The third-order valence-electron chi connectivity index (χ3n) is 4.18. The Morgan fingerprint density at radius 3 is 2.55 bits per heavy atom. The molecule has 1 aliphatic heterocycles. The summed E-state index contributed by atoms with van der Waals surface area (Å²) in [6, 6.07) is 0. The molecule has 2 fully saturated rings. The number of hydrogen-bond donors (Lipinski definition) is 1. The van der Waals surface area contributed by atoms with Crippen LogP contribution in [0.4, 0.5) is 0 Å². The van der Waals surface area contributed by atoms with Crippen LogP contribution in [0.15, 0.2) is 4.99 Å². The largest absolute Gasteiger partial charge is 0.381 e. The third kappa shape index (κ3) is 5.31. The number of nitrogens with zero attached hydrogens (tertiary/aromatic N) is 2. The first-order valence-corrected chi connectivity index (χ1v) is 8.22. The Morgan fingerprint density at radius 2 is 1.95 bits per heavy atom. The average Bonchev–Trinajstić information content (AvgIpc) is 3.21. The minimum Gasteiger partial charge on any atom is -0.381 e. The van der Waals surface area contributed by atoms with Gasteiger partial charge in [-0.25, -0.2) is 0 Å². The van der Waals surface area contributed by atoms with Gasteiger partial charge in [0.05, 0.1) is 0 Å². The van der Waals surface area contributed by atoms with Crippen LogP contribution in [0.1, 0.15) is 39.5 Å². The quantitative estimate of drug-likeness (QED) is 0.461. The van der Waals surface area contributed by atoms with Crippen LogP contribution in [-0.2, 0) is 4.74 Å². The van der Waals surface area contributed by atoms with E-state index in [9.17, 15) is 0 Å². The van der Waals surface area contributed by atoms with Crippen LogP contribution >= 0.6 is 0 Å². The van der Waals surface area contributed by atoms with E-state index < -0.39 is 0 Å². The minimum atomic E-state index is 0.763. The standard InChI is InChI=1S/C16H31N3O/c1-13-9-14(2)11-19(10-13)16(17-3)18-7-4-8-20-12-15-5-6-15/h13-15H,4-12H2,1-3H3,(H,17,18). The van der Waals surface area contributed by atoms with E-state index in [2.05, 4.69) is 29.1 Å². The predicted molar refractivity (Wildman–Crippen MR) is 84.0 cm³/mol. The number of piperidine rings is 1. The molecule has 116 valence electrons. The summed E-state index contributed by atoms with van der Waals surface area (Å²) < 4.78 is 5.66. The lowest BCUT2D eigenvalue weighted by Gasteiger charge is -2.37. The molecule has 1 heterocycles. The van der Waals surface area contributed by atoms with Gasteiger partial charge in [-0.15, -0.1) is 0 Å². The lowest BCUT2D eigenvalue weighted by Crippen LogP contribution is -2.48. The first-order valence-electron chi connectivity index (χ1n) is 8.22. The molecule has 1 aliphatic carbocycles. The fraction of sp³-hybridized carbons (Fsp3) is 0.938. The van der Waals surface area contributed by atoms with E-state index in [0.717, 1.165) is 63.0 Å². The fourth-order valence-corrected chi connectivity index (χ4v) is 3.08. The number of guanidine groups is 1. The molecule has 2 unspecified atom stereocenters. The van der Waals surface area contributed by atoms with Crippen molar-refractivity contribution < 1.29 is 4.74 Å². The van der Waals surface area contributed by atoms with Gasteiger partial charge in [0, 0.05) is 39.9 Å². The van der Waals surface area contributed by atoms with Crippen LogP contribution in [0.5, 0.6) is 0 Å². The van der Waals surface area contributed by atoms with Gasteiger partial charge in [-0.1, -0.05) is 13.8 Å². The van der Waals surface area contributed by atoms with Gasteiger partial charge < -0.3 is 15.0 Å². The van der Waals surface area contributed by atoms with Gasteiger partial charge in [0.15, 0.2) is 5.96 Å². The lowest BCUT2D eigenvalue weighted by molar-refractivity contribution is 0.122. The Bertz CT molecular complexity index is 305. The molecule has 2 rings (SSSR count). The summed E-state index contributed by atoms with van der Waals surface area (Å²) >= 11 is 0. The molecule has 1 saturated heterocycles. The van der Waals surface area contributed by atoms with E-state index in [-0.39, 0.29) is 0 Å². The fourth-order valence-electron chi connectivity index (χ4n) is 3.08. The summed E-state index contributed by atoms with van der Waals surface area (Å²) in [6.45, 7) is 9.72. The van der Waals surface area contributed by atoms with Gasteiger partial charge in [0.25, 0.3) is 0 Å². The second-order valence-electron chi connectivity index (χ2n) is 6.70. The van der Waals surface area contributed by atoms with E-state index in [0.29, 0.717) is 0 Å². The number of rotatable bonds is 6. The highest BCUT2D eigenvalue weighted by Gasteiger charge is 2.24. The highest BCUT2D eigenvalue weighted by Crippen LogP contribution is 2.28. The number of nitrogens with one attached hydrogen (secondary N) is 1. The molecule has 1 N–H and O–H groups in total. The van der Waals surface area contributed by atoms with Crippen LogP contribution in [-0.4, -0.2) is 50.8 Å². The Hall–Kier alpha value is -0.770. The normalized spacial score (nSPS) is 27.8. The Balaban J connectivity index is 1.61. The SMILES string of the molecule is CN=C(NCCCOCC1CC1)N1CC(C)CC(C)C1. The maximum absolute atomic E-state index is 5.66. The Labute approximate surface area is 124 Å². The molecule has 0 spiro atoms. The molecule has 2 aliphatic rings. The number of aliphatic imine (C=N–C) groups is 1. The van der Waals surface area contributed by atoms with E-state index in [1.54, 1.807) is 0 Å². The summed E-state index contributed by atoms with van der Waals surface area (Å²) in [6.07, 6.45) is 5.14. The Kier molecular flexibility index (Phi) is 6.14. The van der Waals surface area contributed by atoms with Crippen molar-refractivity contribution in [3.05, 3.63) is 0 Å². The first kappa shape index (κ1) is 15.6. The average molecular weight is 281 g/mol. The van der Waals surface area contributed by atoms with Crippen LogP contribution in [0.25, 0.3) is 0 Å². The summed E-state index contributed by atoms with van der Waals surface area (Å²) in [7, 11) is 1.88. The zero-order valence-corrected chi connectivity index (χ0v) is 13.4. The van der Waals surface area contributed by atoms with E-state index >= 15 is 0 Å². The van der Waals surface area contributed by atoms with Crippen molar-refractivity contribution >= 4 is 5.96 Å². The van der Waals surface area contributed by atoms with Crippen LogP contribution in [0, 0.1) is 17.8 Å². The Morgan fingerprint density at radius 1 is 1.25 bits per heavy atom. The topological polar surface area (TPSA) is 36.9 Å². The smallest absolute Gasteiger partial charge is 0.193 e. The highest BCUT2D eigenvalue weighted by atomic mass is 16.5. The monoisotopic (exact) mass is 281 g/mol. The molecule has 0 radical (unpaired) electrons. The van der Waals surface area contributed by atoms with Gasteiger partial charge in [0.2, 0.25) is 0 Å². The summed E-state index contributed by atoms with van der Waals surface area (Å²) in [4.78, 5) is 6.83. The molecule has 0 aromatic carbocycles. The van der Waals surface area contributed by atoms with Crippen molar-refractivity contribution in [3.8, 4) is 0 Å². The van der Waals surface area contributed by atoms with Crippen LogP contribution < -0.4 is 5.32 Å². The van der Waals surface area contributed by atoms with Crippen molar-refractivity contribution in [1.82, 2.24) is 10.2 Å².